The Labute approximate surface area is 165 Å². The minimum Gasteiger partial charge on any atom is -0.480 e. The van der Waals surface area contributed by atoms with Crippen LogP contribution in [0.3, 0.4) is 0 Å². The summed E-state index contributed by atoms with van der Waals surface area (Å²) < 4.78 is 11.0. The fraction of sp³-hybridized carbons (Fsp3) is 0.476. The largest absolute Gasteiger partial charge is 0.480 e. The Morgan fingerprint density at radius 3 is 2.71 bits per heavy atom. The number of amides is 1. The van der Waals surface area contributed by atoms with Crippen LogP contribution in [0.1, 0.15) is 24.5 Å². The Hall–Kier alpha value is -2.67. The molecule has 2 aliphatic heterocycles. The van der Waals surface area contributed by atoms with Gasteiger partial charge in [0.1, 0.15) is 6.10 Å². The summed E-state index contributed by atoms with van der Waals surface area (Å²) >= 11 is 0. The third-order valence-corrected chi connectivity index (χ3v) is 5.48. The summed E-state index contributed by atoms with van der Waals surface area (Å²) in [6.45, 7) is 3.40. The molecule has 0 unspecified atom stereocenters. The Kier molecular flexibility index (Phi) is 5.71. The van der Waals surface area contributed by atoms with Gasteiger partial charge < -0.3 is 19.3 Å². The number of hydrogen-bond donors (Lipinski definition) is 0. The summed E-state index contributed by atoms with van der Waals surface area (Å²) in [6.07, 6.45) is 1.83. The molecule has 3 heterocycles. The molecule has 7 heteroatoms. The van der Waals surface area contributed by atoms with Crippen molar-refractivity contribution in [1.82, 2.24) is 15.1 Å². The van der Waals surface area contributed by atoms with Gasteiger partial charge in [-0.3, -0.25) is 4.79 Å². The first kappa shape index (κ1) is 18.7. The molecule has 0 aliphatic carbocycles. The molecule has 0 spiro atoms. The Morgan fingerprint density at radius 2 is 1.96 bits per heavy atom. The third-order valence-electron chi connectivity index (χ3n) is 5.48. The van der Waals surface area contributed by atoms with Gasteiger partial charge in [-0.25, -0.2) is 0 Å². The van der Waals surface area contributed by atoms with Gasteiger partial charge in [0.15, 0.2) is 5.82 Å². The summed E-state index contributed by atoms with van der Waals surface area (Å²) in [6, 6.07) is 13.8. The van der Waals surface area contributed by atoms with E-state index in [1.807, 2.05) is 29.2 Å². The summed E-state index contributed by atoms with van der Waals surface area (Å²) in [5.74, 6) is 1.48. The first-order valence-electron chi connectivity index (χ1n) is 9.82. The maximum absolute atomic E-state index is 13.2. The topological polar surface area (TPSA) is 67.8 Å². The van der Waals surface area contributed by atoms with Gasteiger partial charge in [-0.2, -0.15) is 0 Å². The summed E-state index contributed by atoms with van der Waals surface area (Å²) in [5.41, 5.74) is 1.12. The van der Waals surface area contributed by atoms with Crippen LogP contribution in [-0.2, 0) is 9.53 Å². The highest BCUT2D eigenvalue weighted by molar-refractivity contribution is 5.80. The predicted molar refractivity (Wildman–Crippen MR) is 105 cm³/mol. The molecule has 7 nitrogen and oxygen atoms in total. The van der Waals surface area contributed by atoms with Gasteiger partial charge >= 0.3 is 0 Å². The van der Waals surface area contributed by atoms with E-state index in [0.29, 0.717) is 32.1 Å². The minimum absolute atomic E-state index is 0.0211. The molecule has 2 fully saturated rings. The predicted octanol–water partition coefficient (Wildman–Crippen LogP) is 2.30. The number of morpholine rings is 1. The normalized spacial score (nSPS) is 22.8. The summed E-state index contributed by atoms with van der Waals surface area (Å²) in [4.78, 5) is 17.3. The van der Waals surface area contributed by atoms with Gasteiger partial charge in [0.25, 0.3) is 0 Å². The SMILES string of the molecule is COc1ccc(N2CCC[C@H](C(=O)N3CCO[C@H](c4ccccc4)C3)C2)nn1. The Balaban J connectivity index is 1.40. The monoisotopic (exact) mass is 382 g/mol. The minimum atomic E-state index is -0.0500. The van der Waals surface area contributed by atoms with Crippen molar-refractivity contribution < 1.29 is 14.3 Å². The van der Waals surface area contributed by atoms with E-state index in [2.05, 4.69) is 27.2 Å². The second-order valence-electron chi connectivity index (χ2n) is 7.27. The molecular weight excluding hydrogens is 356 g/mol. The van der Waals surface area contributed by atoms with Gasteiger partial charge in [-0.1, -0.05) is 30.3 Å². The fourth-order valence-electron chi connectivity index (χ4n) is 3.95. The molecule has 148 valence electrons. The lowest BCUT2D eigenvalue weighted by atomic mass is 9.95. The molecule has 2 aliphatic rings. The van der Waals surface area contributed by atoms with Gasteiger partial charge in [0.05, 0.1) is 26.2 Å². The number of piperidine rings is 1. The van der Waals surface area contributed by atoms with Crippen LogP contribution in [0.2, 0.25) is 0 Å². The number of rotatable bonds is 4. The summed E-state index contributed by atoms with van der Waals surface area (Å²) in [7, 11) is 1.57. The van der Waals surface area contributed by atoms with Crippen molar-refractivity contribution >= 4 is 11.7 Å². The lowest BCUT2D eigenvalue weighted by Gasteiger charge is -2.38. The lowest BCUT2D eigenvalue weighted by Crippen LogP contribution is -2.49. The van der Waals surface area contributed by atoms with Gasteiger partial charge in [-0.15, -0.1) is 10.2 Å². The Morgan fingerprint density at radius 1 is 1.11 bits per heavy atom. The number of anilines is 1. The fourth-order valence-corrected chi connectivity index (χ4v) is 3.95. The second-order valence-corrected chi connectivity index (χ2v) is 7.27. The van der Waals surface area contributed by atoms with Crippen molar-refractivity contribution in [3.8, 4) is 5.88 Å². The zero-order valence-corrected chi connectivity index (χ0v) is 16.2. The van der Waals surface area contributed by atoms with Crippen molar-refractivity contribution in [3.63, 3.8) is 0 Å². The third kappa shape index (κ3) is 4.09. The number of nitrogens with zero attached hydrogens (tertiary/aromatic N) is 4. The maximum Gasteiger partial charge on any atom is 0.233 e. The van der Waals surface area contributed by atoms with E-state index in [0.717, 1.165) is 30.8 Å². The lowest BCUT2D eigenvalue weighted by molar-refractivity contribution is -0.143. The zero-order valence-electron chi connectivity index (χ0n) is 16.2. The molecule has 1 aromatic carbocycles. The highest BCUT2D eigenvalue weighted by atomic mass is 16.5. The van der Waals surface area contributed by atoms with Crippen molar-refractivity contribution in [2.75, 3.05) is 44.8 Å². The molecule has 2 aromatic rings. The number of methoxy groups -OCH3 is 1. The van der Waals surface area contributed by atoms with Gasteiger partial charge in [0, 0.05) is 25.7 Å². The van der Waals surface area contributed by atoms with Crippen LogP contribution in [0.4, 0.5) is 5.82 Å². The molecule has 2 atom stereocenters. The van der Waals surface area contributed by atoms with Crippen LogP contribution < -0.4 is 9.64 Å². The van der Waals surface area contributed by atoms with Crippen molar-refractivity contribution in [2.45, 2.75) is 18.9 Å². The van der Waals surface area contributed by atoms with E-state index in [4.69, 9.17) is 9.47 Å². The molecule has 4 rings (SSSR count). The van der Waals surface area contributed by atoms with Crippen LogP contribution in [0.15, 0.2) is 42.5 Å². The average Bonchev–Trinajstić information content (AvgIpc) is 2.79. The summed E-state index contributed by atoms with van der Waals surface area (Å²) in [5, 5.41) is 8.29. The van der Waals surface area contributed by atoms with E-state index < -0.39 is 0 Å². The average molecular weight is 382 g/mol. The number of carbonyl (C=O) groups excluding carboxylic acids is 1. The number of benzene rings is 1. The maximum atomic E-state index is 13.2. The number of ether oxygens (including phenoxy) is 2. The highest BCUT2D eigenvalue weighted by Gasteiger charge is 2.33. The van der Waals surface area contributed by atoms with Crippen LogP contribution in [-0.4, -0.2) is 60.9 Å². The van der Waals surface area contributed by atoms with E-state index in [1.165, 1.54) is 0 Å². The molecule has 2 saturated heterocycles. The van der Waals surface area contributed by atoms with E-state index in [1.54, 1.807) is 13.2 Å². The second kappa shape index (κ2) is 8.56. The zero-order chi connectivity index (χ0) is 19.3. The molecule has 0 radical (unpaired) electrons. The molecule has 28 heavy (non-hydrogen) atoms. The molecule has 0 N–H and O–H groups in total. The highest BCUT2D eigenvalue weighted by Crippen LogP contribution is 2.27. The molecule has 0 saturated carbocycles. The van der Waals surface area contributed by atoms with E-state index in [9.17, 15) is 4.79 Å². The standard InChI is InChI=1S/C21H26N4O3/c1-27-20-10-9-19(22-23-20)24-11-5-8-17(14-24)21(26)25-12-13-28-18(15-25)16-6-3-2-4-7-16/h2-4,6-7,9-10,17-18H,5,8,11-15H2,1H3/t17-,18-/m0/s1. The van der Waals surface area contributed by atoms with E-state index >= 15 is 0 Å². The number of carbonyl (C=O) groups is 1. The van der Waals surface area contributed by atoms with Crippen molar-refractivity contribution in [1.29, 1.82) is 0 Å². The molecule has 0 bridgehead atoms. The number of hydrogen-bond acceptors (Lipinski definition) is 6. The first-order valence-corrected chi connectivity index (χ1v) is 9.82. The smallest absolute Gasteiger partial charge is 0.233 e. The van der Waals surface area contributed by atoms with Crippen LogP contribution in [0.25, 0.3) is 0 Å². The van der Waals surface area contributed by atoms with Crippen LogP contribution in [0.5, 0.6) is 5.88 Å². The molecule has 1 amide bonds. The van der Waals surface area contributed by atoms with Gasteiger partial charge in [0.2, 0.25) is 11.8 Å². The molecule has 1 aromatic heterocycles. The Bertz CT molecular complexity index is 784. The quantitative estimate of drug-likeness (QED) is 0.808. The van der Waals surface area contributed by atoms with Crippen LogP contribution in [0, 0.1) is 5.92 Å². The van der Waals surface area contributed by atoms with E-state index in [-0.39, 0.29) is 17.9 Å². The van der Waals surface area contributed by atoms with Gasteiger partial charge in [-0.05, 0) is 24.5 Å². The van der Waals surface area contributed by atoms with Crippen LogP contribution >= 0.6 is 0 Å². The molecular formula is C21H26N4O3. The van der Waals surface area contributed by atoms with Crippen molar-refractivity contribution in [2.24, 2.45) is 5.92 Å². The first-order chi connectivity index (χ1) is 13.7. The number of aromatic nitrogens is 2. The van der Waals surface area contributed by atoms with Crippen molar-refractivity contribution in [3.05, 3.63) is 48.0 Å².